The van der Waals surface area contributed by atoms with Gasteiger partial charge in [0.1, 0.15) is 6.29 Å². The molecule has 3 nitrogen and oxygen atoms in total. The summed E-state index contributed by atoms with van der Waals surface area (Å²) in [6.07, 6.45) is 4.87. The summed E-state index contributed by atoms with van der Waals surface area (Å²) < 4.78 is 0. The Morgan fingerprint density at radius 2 is 2.20 bits per heavy atom. The van der Waals surface area contributed by atoms with Crippen LogP contribution in [0.1, 0.15) is 6.92 Å². The Labute approximate surface area is 60.9 Å². The molecule has 0 unspecified atom stereocenters. The molecule has 1 aliphatic rings. The molecule has 0 aromatic carbocycles. The van der Waals surface area contributed by atoms with Crippen LogP contribution in [0.25, 0.3) is 0 Å². The molecule has 0 aromatic rings. The number of carbonyl (C=O) groups excluding carboxylic acids is 1. The summed E-state index contributed by atoms with van der Waals surface area (Å²) in [5, 5.41) is 0. The zero-order valence-corrected chi connectivity index (χ0v) is 6.16. The van der Waals surface area contributed by atoms with E-state index in [0.717, 1.165) is 19.5 Å². The van der Waals surface area contributed by atoms with Crippen LogP contribution in [0.15, 0.2) is 12.4 Å². The predicted octanol–water partition coefficient (Wildman–Crippen LogP) is 0.252. The van der Waals surface area contributed by atoms with Gasteiger partial charge in [0.2, 0.25) is 0 Å². The van der Waals surface area contributed by atoms with Crippen LogP contribution < -0.4 is 0 Å². The normalized spacial score (nSPS) is 16.5. The Balaban J connectivity index is 2.30. The molecule has 0 spiro atoms. The summed E-state index contributed by atoms with van der Waals surface area (Å²) in [5.41, 5.74) is 0. The lowest BCUT2D eigenvalue weighted by molar-refractivity contribution is -0.108. The van der Waals surface area contributed by atoms with E-state index in [9.17, 15) is 4.79 Å². The molecule has 3 heteroatoms. The van der Waals surface area contributed by atoms with Crippen LogP contribution in [0.4, 0.5) is 0 Å². The Kier molecular flexibility index (Phi) is 2.31. The van der Waals surface area contributed by atoms with Crippen LogP contribution >= 0.6 is 0 Å². The Morgan fingerprint density at radius 3 is 2.70 bits per heavy atom. The molecular weight excluding hydrogens is 128 g/mol. The standard InChI is InChI=1S/C7H12N2O/c1-2-8-3-4-9(7-8)5-6-10/h3-4,6H,2,5,7H2,1H3. The molecule has 0 amide bonds. The fraction of sp³-hybridized carbons (Fsp3) is 0.571. The highest BCUT2D eigenvalue weighted by Crippen LogP contribution is 2.03. The van der Waals surface area contributed by atoms with Gasteiger partial charge in [0, 0.05) is 18.9 Å². The minimum atomic E-state index is 0.507. The fourth-order valence-corrected chi connectivity index (χ4v) is 0.936. The third kappa shape index (κ3) is 1.50. The van der Waals surface area contributed by atoms with Gasteiger partial charge < -0.3 is 14.6 Å². The van der Waals surface area contributed by atoms with Gasteiger partial charge in [-0.1, -0.05) is 0 Å². The molecule has 0 fully saturated rings. The first kappa shape index (κ1) is 7.12. The van der Waals surface area contributed by atoms with Gasteiger partial charge in [-0.05, 0) is 6.92 Å². The molecule has 0 N–H and O–H groups in total. The first-order valence-electron chi connectivity index (χ1n) is 3.47. The van der Waals surface area contributed by atoms with Crippen molar-refractivity contribution in [3.05, 3.63) is 12.4 Å². The fourth-order valence-electron chi connectivity index (χ4n) is 0.936. The van der Waals surface area contributed by atoms with Crippen LogP contribution in [-0.2, 0) is 4.79 Å². The van der Waals surface area contributed by atoms with Crippen LogP contribution in [-0.4, -0.2) is 35.8 Å². The summed E-state index contributed by atoms with van der Waals surface area (Å²) in [5.74, 6) is 0. The monoisotopic (exact) mass is 140 g/mol. The quantitative estimate of drug-likeness (QED) is 0.525. The lowest BCUT2D eigenvalue weighted by Gasteiger charge is -2.17. The Morgan fingerprint density at radius 1 is 1.50 bits per heavy atom. The largest absolute Gasteiger partial charge is 0.359 e. The van der Waals surface area contributed by atoms with E-state index >= 15 is 0 Å². The van der Waals surface area contributed by atoms with Crippen molar-refractivity contribution in [2.45, 2.75) is 6.92 Å². The summed E-state index contributed by atoms with van der Waals surface area (Å²) >= 11 is 0. The van der Waals surface area contributed by atoms with Crippen LogP contribution in [0, 0.1) is 0 Å². The second-order valence-electron chi connectivity index (χ2n) is 2.28. The average molecular weight is 140 g/mol. The van der Waals surface area contributed by atoms with Crippen molar-refractivity contribution in [2.24, 2.45) is 0 Å². The Bertz CT molecular complexity index is 145. The third-order valence-electron chi connectivity index (χ3n) is 1.57. The zero-order valence-electron chi connectivity index (χ0n) is 6.16. The molecule has 1 heterocycles. The molecular formula is C7H12N2O. The molecule has 0 aliphatic carbocycles. The number of hydrogen-bond acceptors (Lipinski definition) is 3. The third-order valence-corrected chi connectivity index (χ3v) is 1.57. The number of rotatable bonds is 3. The molecule has 0 aromatic heterocycles. The Hall–Kier alpha value is -0.990. The number of aldehydes is 1. The highest BCUT2D eigenvalue weighted by atomic mass is 16.1. The van der Waals surface area contributed by atoms with E-state index in [0.29, 0.717) is 6.54 Å². The highest BCUT2D eigenvalue weighted by Gasteiger charge is 2.07. The van der Waals surface area contributed by atoms with E-state index in [-0.39, 0.29) is 0 Å². The molecule has 0 saturated carbocycles. The van der Waals surface area contributed by atoms with Gasteiger partial charge in [0.15, 0.2) is 0 Å². The molecule has 10 heavy (non-hydrogen) atoms. The van der Waals surface area contributed by atoms with Crippen LogP contribution in [0.3, 0.4) is 0 Å². The molecule has 0 saturated heterocycles. The van der Waals surface area contributed by atoms with Gasteiger partial charge in [-0.2, -0.15) is 0 Å². The molecule has 56 valence electrons. The lowest BCUT2D eigenvalue weighted by atomic mass is 10.6. The maximum absolute atomic E-state index is 10.1. The SMILES string of the molecule is CCN1C=CN(CC=O)C1. The summed E-state index contributed by atoms with van der Waals surface area (Å²) in [6.45, 7) is 4.46. The van der Waals surface area contributed by atoms with Crippen molar-refractivity contribution in [1.82, 2.24) is 9.80 Å². The van der Waals surface area contributed by atoms with Crippen LogP contribution in [0.5, 0.6) is 0 Å². The zero-order chi connectivity index (χ0) is 7.40. The molecule has 1 rings (SSSR count). The van der Waals surface area contributed by atoms with E-state index in [1.807, 2.05) is 17.3 Å². The van der Waals surface area contributed by atoms with E-state index in [4.69, 9.17) is 0 Å². The van der Waals surface area contributed by atoms with E-state index in [1.54, 1.807) is 0 Å². The van der Waals surface area contributed by atoms with Gasteiger partial charge in [0.05, 0.1) is 13.2 Å². The lowest BCUT2D eigenvalue weighted by Crippen LogP contribution is -2.26. The second-order valence-corrected chi connectivity index (χ2v) is 2.28. The number of nitrogens with zero attached hydrogens (tertiary/aromatic N) is 2. The van der Waals surface area contributed by atoms with Gasteiger partial charge in [-0.25, -0.2) is 0 Å². The maximum atomic E-state index is 10.1. The molecule has 0 atom stereocenters. The minimum absolute atomic E-state index is 0.507. The van der Waals surface area contributed by atoms with Crippen molar-refractivity contribution in [2.75, 3.05) is 19.8 Å². The van der Waals surface area contributed by atoms with Crippen LogP contribution in [0.2, 0.25) is 0 Å². The smallest absolute Gasteiger partial charge is 0.139 e. The van der Waals surface area contributed by atoms with Crippen molar-refractivity contribution in [3.63, 3.8) is 0 Å². The first-order chi connectivity index (χ1) is 4.86. The summed E-state index contributed by atoms with van der Waals surface area (Å²) in [6, 6.07) is 0. The predicted molar refractivity (Wildman–Crippen MR) is 39.2 cm³/mol. The van der Waals surface area contributed by atoms with E-state index in [2.05, 4.69) is 11.8 Å². The van der Waals surface area contributed by atoms with Crippen molar-refractivity contribution in [3.8, 4) is 0 Å². The number of carbonyl (C=O) groups is 1. The minimum Gasteiger partial charge on any atom is -0.359 e. The summed E-state index contributed by atoms with van der Waals surface area (Å²) in [7, 11) is 0. The topological polar surface area (TPSA) is 23.6 Å². The average Bonchev–Trinajstić information content (AvgIpc) is 2.37. The maximum Gasteiger partial charge on any atom is 0.139 e. The van der Waals surface area contributed by atoms with Gasteiger partial charge in [0.25, 0.3) is 0 Å². The molecule has 0 radical (unpaired) electrons. The molecule has 1 aliphatic heterocycles. The molecule has 0 bridgehead atoms. The van der Waals surface area contributed by atoms with Gasteiger partial charge >= 0.3 is 0 Å². The summed E-state index contributed by atoms with van der Waals surface area (Å²) in [4.78, 5) is 14.2. The van der Waals surface area contributed by atoms with E-state index < -0.39 is 0 Å². The van der Waals surface area contributed by atoms with Crippen molar-refractivity contribution >= 4 is 6.29 Å². The number of hydrogen-bond donors (Lipinski definition) is 0. The van der Waals surface area contributed by atoms with Crippen molar-refractivity contribution in [1.29, 1.82) is 0 Å². The van der Waals surface area contributed by atoms with Gasteiger partial charge in [-0.15, -0.1) is 0 Å². The van der Waals surface area contributed by atoms with E-state index in [1.165, 1.54) is 0 Å². The van der Waals surface area contributed by atoms with Gasteiger partial charge in [-0.3, -0.25) is 0 Å². The highest BCUT2D eigenvalue weighted by molar-refractivity contribution is 5.52. The first-order valence-corrected chi connectivity index (χ1v) is 3.47. The second kappa shape index (κ2) is 3.25. The van der Waals surface area contributed by atoms with Crippen molar-refractivity contribution < 1.29 is 4.79 Å².